The molecule has 0 aromatic rings. The third-order valence-corrected chi connectivity index (χ3v) is 3.05. The van der Waals surface area contributed by atoms with Gasteiger partial charge in [0.15, 0.2) is 0 Å². The highest BCUT2D eigenvalue weighted by Crippen LogP contribution is 2.26. The third-order valence-electron chi connectivity index (χ3n) is 3.05. The van der Waals surface area contributed by atoms with Crippen molar-refractivity contribution < 1.29 is 14.7 Å². The summed E-state index contributed by atoms with van der Waals surface area (Å²) in [5.41, 5.74) is 0. The molecule has 1 aliphatic rings. The summed E-state index contributed by atoms with van der Waals surface area (Å²) < 4.78 is 0. The van der Waals surface area contributed by atoms with Crippen molar-refractivity contribution in [3.8, 4) is 0 Å². The molecular weight excluding hydrogens is 194 g/mol. The van der Waals surface area contributed by atoms with Crippen LogP contribution in [-0.4, -0.2) is 35.5 Å². The highest BCUT2D eigenvalue weighted by molar-refractivity contribution is 5.79. The van der Waals surface area contributed by atoms with E-state index in [2.05, 4.69) is 0 Å². The zero-order valence-electron chi connectivity index (χ0n) is 9.40. The normalized spacial score (nSPS) is 18.8. The molecule has 15 heavy (non-hydrogen) atoms. The largest absolute Gasteiger partial charge is 0.481 e. The Morgan fingerprint density at radius 3 is 2.40 bits per heavy atom. The Hall–Kier alpha value is -1.06. The van der Waals surface area contributed by atoms with Crippen LogP contribution in [0.25, 0.3) is 0 Å². The minimum absolute atomic E-state index is 0.112. The zero-order valence-corrected chi connectivity index (χ0v) is 9.40. The van der Waals surface area contributed by atoms with Gasteiger partial charge in [0.25, 0.3) is 0 Å². The van der Waals surface area contributed by atoms with E-state index in [0.717, 1.165) is 25.7 Å². The van der Waals surface area contributed by atoms with Gasteiger partial charge in [0.1, 0.15) is 0 Å². The molecule has 1 atom stereocenters. The van der Waals surface area contributed by atoms with Crippen LogP contribution in [0, 0.1) is 11.8 Å². The van der Waals surface area contributed by atoms with Crippen LogP contribution in [0.4, 0.5) is 0 Å². The van der Waals surface area contributed by atoms with Crippen molar-refractivity contribution in [2.75, 3.05) is 13.6 Å². The minimum atomic E-state index is -0.846. The summed E-state index contributed by atoms with van der Waals surface area (Å²) in [6.07, 6.45) is 4.17. The van der Waals surface area contributed by atoms with Crippen molar-refractivity contribution in [3.05, 3.63) is 0 Å². The number of carbonyl (C=O) groups excluding carboxylic acids is 1. The van der Waals surface area contributed by atoms with Gasteiger partial charge in [-0.05, 0) is 12.8 Å². The maximum atomic E-state index is 11.8. The molecule has 1 N–H and O–H groups in total. The van der Waals surface area contributed by atoms with Crippen LogP contribution in [0.15, 0.2) is 0 Å². The van der Waals surface area contributed by atoms with E-state index in [1.54, 1.807) is 18.9 Å². The van der Waals surface area contributed by atoms with E-state index in [1.165, 1.54) is 0 Å². The summed E-state index contributed by atoms with van der Waals surface area (Å²) in [4.78, 5) is 24.0. The number of carboxylic acids is 1. The van der Waals surface area contributed by atoms with Gasteiger partial charge in [-0.1, -0.05) is 19.8 Å². The summed E-state index contributed by atoms with van der Waals surface area (Å²) in [7, 11) is 1.69. The Morgan fingerprint density at radius 2 is 1.93 bits per heavy atom. The van der Waals surface area contributed by atoms with E-state index in [-0.39, 0.29) is 11.8 Å². The number of hydrogen-bond donors (Lipinski definition) is 1. The topological polar surface area (TPSA) is 57.6 Å². The van der Waals surface area contributed by atoms with E-state index in [0.29, 0.717) is 6.54 Å². The molecule has 86 valence electrons. The maximum absolute atomic E-state index is 11.8. The molecule has 1 aliphatic carbocycles. The lowest BCUT2D eigenvalue weighted by Gasteiger charge is -2.22. The molecule has 0 radical (unpaired) electrons. The molecule has 4 nitrogen and oxygen atoms in total. The number of aliphatic carboxylic acids is 1. The lowest BCUT2D eigenvalue weighted by Crippen LogP contribution is -2.36. The summed E-state index contributed by atoms with van der Waals surface area (Å²) in [6, 6.07) is 0. The lowest BCUT2D eigenvalue weighted by molar-refractivity contribution is -0.143. The second-order valence-electron chi connectivity index (χ2n) is 4.44. The van der Waals surface area contributed by atoms with Gasteiger partial charge in [0, 0.05) is 19.5 Å². The predicted molar refractivity (Wildman–Crippen MR) is 56.4 cm³/mol. The van der Waals surface area contributed by atoms with E-state index < -0.39 is 11.9 Å². The number of carbonyl (C=O) groups is 2. The highest BCUT2D eigenvalue weighted by Gasteiger charge is 2.26. The molecule has 1 amide bonds. The van der Waals surface area contributed by atoms with E-state index in [9.17, 15) is 9.59 Å². The fourth-order valence-corrected chi connectivity index (χ4v) is 2.06. The average Bonchev–Trinajstić information content (AvgIpc) is 2.68. The Kier molecular flexibility index (Phi) is 4.12. The van der Waals surface area contributed by atoms with E-state index >= 15 is 0 Å². The Morgan fingerprint density at radius 1 is 1.40 bits per heavy atom. The van der Waals surface area contributed by atoms with E-state index in [1.807, 2.05) is 0 Å². The van der Waals surface area contributed by atoms with Crippen molar-refractivity contribution in [3.63, 3.8) is 0 Å². The summed E-state index contributed by atoms with van der Waals surface area (Å²) in [5.74, 6) is -1.09. The summed E-state index contributed by atoms with van der Waals surface area (Å²) in [6.45, 7) is 1.94. The van der Waals surface area contributed by atoms with Gasteiger partial charge in [0.2, 0.25) is 5.91 Å². The molecule has 1 fully saturated rings. The predicted octanol–water partition coefficient (Wildman–Crippen LogP) is 1.36. The number of amides is 1. The van der Waals surface area contributed by atoms with Gasteiger partial charge in [-0.15, -0.1) is 0 Å². The molecule has 0 bridgehead atoms. The van der Waals surface area contributed by atoms with Gasteiger partial charge in [-0.3, -0.25) is 9.59 Å². The first-order valence-electron chi connectivity index (χ1n) is 5.50. The second kappa shape index (κ2) is 5.14. The van der Waals surface area contributed by atoms with Gasteiger partial charge in [-0.2, -0.15) is 0 Å². The third kappa shape index (κ3) is 3.22. The molecule has 0 aromatic heterocycles. The Bertz CT molecular complexity index is 246. The van der Waals surface area contributed by atoms with Gasteiger partial charge in [0.05, 0.1) is 5.92 Å². The van der Waals surface area contributed by atoms with Crippen LogP contribution in [0.1, 0.15) is 32.6 Å². The smallest absolute Gasteiger partial charge is 0.308 e. The first kappa shape index (κ1) is 12.0. The fourth-order valence-electron chi connectivity index (χ4n) is 2.06. The SMILES string of the molecule is CC(CN(C)C(=O)C1CCCC1)C(=O)O. The monoisotopic (exact) mass is 213 g/mol. The van der Waals surface area contributed by atoms with Gasteiger partial charge < -0.3 is 10.0 Å². The Balaban J connectivity index is 2.41. The molecule has 0 heterocycles. The van der Waals surface area contributed by atoms with Crippen LogP contribution >= 0.6 is 0 Å². The molecule has 0 spiro atoms. The van der Waals surface area contributed by atoms with Crippen molar-refractivity contribution >= 4 is 11.9 Å². The first-order chi connectivity index (χ1) is 7.02. The first-order valence-corrected chi connectivity index (χ1v) is 5.50. The van der Waals surface area contributed by atoms with Gasteiger partial charge >= 0.3 is 5.97 Å². The number of nitrogens with zero attached hydrogens (tertiary/aromatic N) is 1. The molecule has 0 aliphatic heterocycles. The number of carboxylic acid groups (broad SMARTS) is 1. The summed E-state index contributed by atoms with van der Waals surface area (Å²) in [5, 5.41) is 8.74. The minimum Gasteiger partial charge on any atom is -0.481 e. The standard InChI is InChI=1S/C11H19NO3/c1-8(11(14)15)7-12(2)10(13)9-5-3-4-6-9/h8-9H,3-7H2,1-2H3,(H,14,15). The van der Waals surface area contributed by atoms with Crippen LogP contribution in [0.2, 0.25) is 0 Å². The van der Waals surface area contributed by atoms with Crippen LogP contribution in [0.3, 0.4) is 0 Å². The van der Waals surface area contributed by atoms with Crippen molar-refractivity contribution in [1.82, 2.24) is 4.90 Å². The number of hydrogen-bond acceptors (Lipinski definition) is 2. The molecule has 1 unspecified atom stereocenters. The molecule has 0 aromatic carbocycles. The van der Waals surface area contributed by atoms with Crippen LogP contribution in [0.5, 0.6) is 0 Å². The quantitative estimate of drug-likeness (QED) is 0.767. The van der Waals surface area contributed by atoms with Crippen LogP contribution in [-0.2, 0) is 9.59 Å². The molecule has 1 saturated carbocycles. The van der Waals surface area contributed by atoms with E-state index in [4.69, 9.17) is 5.11 Å². The van der Waals surface area contributed by atoms with Crippen molar-refractivity contribution in [2.45, 2.75) is 32.6 Å². The lowest BCUT2D eigenvalue weighted by atomic mass is 10.1. The highest BCUT2D eigenvalue weighted by atomic mass is 16.4. The van der Waals surface area contributed by atoms with Crippen molar-refractivity contribution in [2.24, 2.45) is 11.8 Å². The van der Waals surface area contributed by atoms with Crippen molar-refractivity contribution in [1.29, 1.82) is 0 Å². The molecular formula is C11H19NO3. The molecule has 0 saturated heterocycles. The molecule has 1 rings (SSSR count). The zero-order chi connectivity index (χ0) is 11.4. The van der Waals surface area contributed by atoms with Gasteiger partial charge in [-0.25, -0.2) is 0 Å². The fraction of sp³-hybridized carbons (Fsp3) is 0.818. The number of rotatable bonds is 4. The Labute approximate surface area is 90.3 Å². The summed E-state index contributed by atoms with van der Waals surface area (Å²) >= 11 is 0. The maximum Gasteiger partial charge on any atom is 0.308 e. The second-order valence-corrected chi connectivity index (χ2v) is 4.44. The average molecular weight is 213 g/mol. The molecule has 4 heteroatoms. The van der Waals surface area contributed by atoms with Crippen LogP contribution < -0.4 is 0 Å².